The lowest BCUT2D eigenvalue weighted by atomic mass is 9.41. The fourth-order valence-electron chi connectivity index (χ4n) is 18.9. The van der Waals surface area contributed by atoms with Gasteiger partial charge in [0.1, 0.15) is 146 Å². The molecule has 98 heavy (non-hydrogen) atoms. The molecule has 16 N–H and O–H groups in total. The number of aliphatic hydroxyl groups is 16. The van der Waals surface area contributed by atoms with Gasteiger partial charge in [0.15, 0.2) is 37.7 Å². The van der Waals surface area contributed by atoms with Gasteiger partial charge in [-0.15, -0.1) is 0 Å². The average molecular weight is 1410 g/mol. The van der Waals surface area contributed by atoms with E-state index in [-0.39, 0.29) is 30.0 Å². The van der Waals surface area contributed by atoms with Crippen molar-refractivity contribution in [3.63, 3.8) is 0 Å². The third kappa shape index (κ3) is 13.1. The molecular weight excluding hydrogens is 1300 g/mol. The van der Waals surface area contributed by atoms with Crippen LogP contribution >= 0.6 is 0 Å². The van der Waals surface area contributed by atoms with E-state index in [4.69, 9.17) is 66.3 Å². The number of fused-ring (bicyclic) bond motifs is 4. The second kappa shape index (κ2) is 29.6. The van der Waals surface area contributed by atoms with E-state index in [9.17, 15) is 91.3 Å². The van der Waals surface area contributed by atoms with Crippen molar-refractivity contribution in [1.82, 2.24) is 0 Å². The molecule has 562 valence electrons. The Hall–Kier alpha value is -2.28. The predicted molar refractivity (Wildman–Crippen MR) is 326 cm³/mol. The van der Waals surface area contributed by atoms with Crippen molar-refractivity contribution in [3.8, 4) is 0 Å². The second-order valence-corrected chi connectivity index (χ2v) is 30.9. The van der Waals surface area contributed by atoms with E-state index in [2.05, 4.69) is 47.6 Å². The SMILES string of the molecule is CO[C@@H]1[C@@H](O)[C@H](O[C@@H]2[C@@H](O)[C@H](O[C@H]3[C@H](O)[C@@H](O)[C@H](O[C@H]4[C@H](O[C@H]5CC[C@]6(C)C7=CCC89C(=O)O[C@@](C)(CCCC(C)C)[C@H]8C(=O)C[C@@]9(C)[C@@H]7CC[C@H]6C5(C)C)OC[C@@H](O[C@@H]5O[C@H](CO)[C@@H](O)[C@H](O[C@@H]6O[C@H](CO)[C@@H](O)[C@H](O)[C@H]6O)[C@H]5O)[C@@H]4O)O[C@@H]3C)O[C@H](CO)[C@H]2O)O[C@H](CO)[C@H]1O. The summed E-state index contributed by atoms with van der Waals surface area (Å²) in [5.41, 5.74) is -2.56. The summed E-state index contributed by atoms with van der Waals surface area (Å²) in [7, 11) is 1.17. The second-order valence-electron chi connectivity index (χ2n) is 30.9. The van der Waals surface area contributed by atoms with Gasteiger partial charge in [-0.2, -0.15) is 0 Å². The Labute approximate surface area is 567 Å². The van der Waals surface area contributed by atoms with Crippen LogP contribution in [0.1, 0.15) is 113 Å². The first-order valence-electron chi connectivity index (χ1n) is 34.6. The van der Waals surface area contributed by atoms with Gasteiger partial charge in [0.05, 0.1) is 56.6 Å². The number of cyclic esters (lactones) is 1. The zero-order chi connectivity index (χ0) is 71.4. The lowest BCUT2D eigenvalue weighted by Gasteiger charge is -2.63. The standard InChI is InChI=1S/C66H106O32/c1-25(2)11-10-16-65(8)54-29(71)19-64(7)28-12-13-35-62(4,5)36(15-17-63(35,6)27(28)14-18-66(54,64)61(84)98-65)93-60-53(41(76)34(24-86-60)92-57-47(82)51(39(74)32(22-69)89-57)95-56-44(79)42(77)37(72)30(20-67)88-56)97-55-45(80)43(78)49(26(3)87-55)94-59-48(83)52(40(75)33(23-70)91-59)96-58-46(81)50(85-9)38(73)31(21-68)90-58/h14,25-26,28,30-60,67-70,72-83H,10-13,15-24H2,1-9H3/t26-,28-,30-,31-,32-,33-,34-,35+,36+,37-,38-,39-,40-,41+,42+,43-,44-,45-,46-,47-,48-,49-,50+,51+,52+,53-,54-,55+,56+,57+,58+,59+,60+,63-,64+,65+,66?/m1/s1. The van der Waals surface area contributed by atoms with Gasteiger partial charge in [-0.1, -0.05) is 59.6 Å². The molecule has 7 heterocycles. The highest BCUT2D eigenvalue weighted by molar-refractivity contribution is 5.99. The summed E-state index contributed by atoms with van der Waals surface area (Å²) >= 11 is 0. The molecule has 11 aliphatic rings. The predicted octanol–water partition coefficient (Wildman–Crippen LogP) is -4.48. The van der Waals surface area contributed by atoms with Crippen molar-refractivity contribution < 1.29 is 158 Å². The number of ketones is 1. The van der Waals surface area contributed by atoms with E-state index in [1.807, 2.05) is 6.92 Å². The number of hydrogen-bond acceptors (Lipinski definition) is 32. The van der Waals surface area contributed by atoms with Gasteiger partial charge in [0.2, 0.25) is 0 Å². The molecule has 32 heteroatoms. The Morgan fingerprint density at radius 2 is 1.04 bits per heavy atom. The van der Waals surface area contributed by atoms with Gasteiger partial charge in [-0.05, 0) is 92.8 Å². The molecule has 4 aliphatic carbocycles. The smallest absolute Gasteiger partial charge is 0.314 e. The molecule has 0 amide bonds. The van der Waals surface area contributed by atoms with Gasteiger partial charge in [-0.25, -0.2) is 0 Å². The zero-order valence-electron chi connectivity index (χ0n) is 56.8. The fraction of sp³-hybridized carbons (Fsp3) is 0.939. The molecule has 11 rings (SSSR count). The summed E-state index contributed by atoms with van der Waals surface area (Å²) in [5.74, 6) is -0.520. The van der Waals surface area contributed by atoms with Crippen LogP contribution in [0.3, 0.4) is 0 Å². The number of hydrogen-bond donors (Lipinski definition) is 16. The topological polar surface area (TPSA) is 487 Å². The first kappa shape index (κ1) is 76.8. The first-order chi connectivity index (χ1) is 46.2. The van der Waals surface area contributed by atoms with Crippen LogP contribution in [0.15, 0.2) is 11.6 Å². The van der Waals surface area contributed by atoms with E-state index in [0.29, 0.717) is 44.4 Å². The molecule has 37 atom stereocenters. The molecular formula is C66H106O32. The summed E-state index contributed by atoms with van der Waals surface area (Å²) in [4.78, 5) is 29.1. The number of allylic oxidation sites excluding steroid dienone is 2. The Morgan fingerprint density at radius 3 is 1.60 bits per heavy atom. The van der Waals surface area contributed by atoms with Crippen LogP contribution in [0.5, 0.6) is 0 Å². The Morgan fingerprint density at radius 1 is 0.541 bits per heavy atom. The molecule has 32 nitrogen and oxygen atoms in total. The van der Waals surface area contributed by atoms with Crippen LogP contribution in [-0.2, 0) is 75.9 Å². The number of methoxy groups -OCH3 is 1. The largest absolute Gasteiger partial charge is 0.458 e. The molecule has 0 bridgehead atoms. The van der Waals surface area contributed by atoms with Gasteiger partial charge in [-0.3, -0.25) is 9.59 Å². The maximum atomic E-state index is 14.6. The molecule has 0 aromatic rings. The molecule has 0 aromatic heterocycles. The Bertz CT molecular complexity index is 2760. The number of aliphatic hydroxyl groups excluding tert-OH is 16. The van der Waals surface area contributed by atoms with E-state index in [0.717, 1.165) is 12.8 Å². The maximum absolute atomic E-state index is 14.6. The molecule has 7 saturated heterocycles. The lowest BCUT2D eigenvalue weighted by molar-refractivity contribution is -0.397. The number of Topliss-reactive ketones (excluding diaryl/α,β-unsaturated/α-hetero) is 1. The van der Waals surface area contributed by atoms with Gasteiger partial charge in [0, 0.05) is 13.5 Å². The summed E-state index contributed by atoms with van der Waals surface area (Å²) in [6.45, 7) is 12.2. The number of rotatable bonds is 21. The minimum atomic E-state index is -2.09. The number of ether oxygens (including phenoxy) is 14. The van der Waals surface area contributed by atoms with E-state index >= 15 is 0 Å². The van der Waals surface area contributed by atoms with Crippen LogP contribution in [0.2, 0.25) is 0 Å². The quantitative estimate of drug-likeness (QED) is 0.0293. The lowest BCUT2D eigenvalue weighted by Crippen LogP contribution is -2.67. The van der Waals surface area contributed by atoms with Crippen molar-refractivity contribution in [2.45, 2.75) is 303 Å². The highest BCUT2D eigenvalue weighted by atomic mass is 16.8. The third-order valence-corrected chi connectivity index (χ3v) is 24.3. The van der Waals surface area contributed by atoms with Crippen molar-refractivity contribution in [1.29, 1.82) is 0 Å². The highest BCUT2D eigenvalue weighted by Gasteiger charge is 2.79. The minimum Gasteiger partial charge on any atom is -0.458 e. The van der Waals surface area contributed by atoms with Crippen LogP contribution in [-0.4, -0.2) is 323 Å². The average Bonchev–Trinajstić information content (AvgIpc) is 1.47. The van der Waals surface area contributed by atoms with Crippen LogP contribution in [0, 0.1) is 45.3 Å². The fourth-order valence-corrected chi connectivity index (χ4v) is 18.9. The summed E-state index contributed by atoms with van der Waals surface area (Å²) in [6, 6.07) is 0. The van der Waals surface area contributed by atoms with Crippen molar-refractivity contribution >= 4 is 11.8 Å². The monoisotopic (exact) mass is 1410 g/mol. The number of carbonyl (C=O) groups excluding carboxylic acids is 2. The molecule has 0 radical (unpaired) electrons. The first-order valence-corrected chi connectivity index (χ1v) is 34.6. The van der Waals surface area contributed by atoms with Gasteiger partial charge < -0.3 is 148 Å². The zero-order valence-corrected chi connectivity index (χ0v) is 56.8. The molecule has 3 saturated carbocycles. The summed E-state index contributed by atoms with van der Waals surface area (Å²) in [5, 5.41) is 177. The highest BCUT2D eigenvalue weighted by Crippen LogP contribution is 2.75. The Kier molecular flexibility index (Phi) is 23.2. The van der Waals surface area contributed by atoms with Crippen LogP contribution in [0.25, 0.3) is 0 Å². The third-order valence-electron chi connectivity index (χ3n) is 24.3. The summed E-state index contributed by atoms with van der Waals surface area (Å²) < 4.78 is 84.4. The summed E-state index contributed by atoms with van der Waals surface area (Å²) in [6.07, 6.45) is -43.9. The normalized spacial score (nSPS) is 52.6. The minimum absolute atomic E-state index is 0.0656. The Balaban J connectivity index is 0.835. The molecule has 1 spiro atoms. The maximum Gasteiger partial charge on any atom is 0.314 e. The van der Waals surface area contributed by atoms with E-state index in [1.54, 1.807) is 0 Å². The van der Waals surface area contributed by atoms with E-state index < -0.39 is 250 Å². The number of carbonyl (C=O) groups is 2. The van der Waals surface area contributed by atoms with Gasteiger partial charge >= 0.3 is 5.97 Å². The van der Waals surface area contributed by atoms with Crippen LogP contribution < -0.4 is 0 Å². The van der Waals surface area contributed by atoms with Gasteiger partial charge in [0.25, 0.3) is 0 Å². The van der Waals surface area contributed by atoms with Crippen molar-refractivity contribution in [3.05, 3.63) is 11.6 Å². The van der Waals surface area contributed by atoms with Crippen LogP contribution in [0.4, 0.5) is 0 Å². The molecule has 1 unspecified atom stereocenters. The van der Waals surface area contributed by atoms with E-state index in [1.165, 1.54) is 19.6 Å². The van der Waals surface area contributed by atoms with Crippen molar-refractivity contribution in [2.75, 3.05) is 40.1 Å². The van der Waals surface area contributed by atoms with Crippen molar-refractivity contribution in [2.24, 2.45) is 45.3 Å². The molecule has 7 aliphatic heterocycles. The molecule has 10 fully saturated rings. The number of esters is 1. The molecule has 0 aromatic carbocycles.